The molecule has 0 radical (unpaired) electrons. The molecule has 4 heteroatoms. The molecule has 1 nitrogen and oxygen atoms in total. The first-order valence-corrected chi connectivity index (χ1v) is 6.84. The van der Waals surface area contributed by atoms with Crippen LogP contribution in [0.25, 0.3) is 0 Å². The second-order valence-electron chi connectivity index (χ2n) is 3.28. The molecule has 1 aromatic rings. The van der Waals surface area contributed by atoms with Crippen LogP contribution in [-0.4, -0.2) is 11.5 Å². The van der Waals surface area contributed by atoms with Gasteiger partial charge in [0, 0.05) is 0 Å². The summed E-state index contributed by atoms with van der Waals surface area (Å²) in [7, 11) is 0. The second kappa shape index (κ2) is 4.91. The van der Waals surface area contributed by atoms with Gasteiger partial charge >= 0.3 is 0 Å². The molecule has 78 valence electrons. The van der Waals surface area contributed by atoms with E-state index in [0.717, 1.165) is 17.1 Å². The number of halogens is 1. The van der Waals surface area contributed by atoms with Gasteiger partial charge in [0.2, 0.25) is 0 Å². The van der Waals surface area contributed by atoms with E-state index in [-0.39, 0.29) is 5.56 Å². The smallest absolute Gasteiger partial charge is 0.141 e. The van der Waals surface area contributed by atoms with E-state index in [9.17, 15) is 4.39 Å². The number of nitriles is 1. The van der Waals surface area contributed by atoms with E-state index in [4.69, 9.17) is 5.26 Å². The standard InChI is InChI=1S/C11H10FNS2/c12-10-6-8(2-3-9(10)7-13)11-14-4-1-5-15-11/h2-3,6,11H,1,4-5H2. The largest absolute Gasteiger partial charge is 0.206 e. The Morgan fingerprint density at radius 3 is 2.67 bits per heavy atom. The average molecular weight is 239 g/mol. The van der Waals surface area contributed by atoms with E-state index in [2.05, 4.69) is 0 Å². The number of hydrogen-bond acceptors (Lipinski definition) is 3. The molecule has 0 aliphatic carbocycles. The van der Waals surface area contributed by atoms with Crippen LogP contribution in [0.1, 0.15) is 22.1 Å². The van der Waals surface area contributed by atoms with Crippen molar-refractivity contribution in [3.63, 3.8) is 0 Å². The highest BCUT2D eigenvalue weighted by Crippen LogP contribution is 2.43. The van der Waals surface area contributed by atoms with Crippen molar-refractivity contribution in [2.75, 3.05) is 11.5 Å². The third kappa shape index (κ3) is 2.47. The zero-order valence-corrected chi connectivity index (χ0v) is 9.71. The molecule has 15 heavy (non-hydrogen) atoms. The Kier molecular flexibility index (Phi) is 3.55. The van der Waals surface area contributed by atoms with Crippen LogP contribution in [0.4, 0.5) is 4.39 Å². The van der Waals surface area contributed by atoms with Crippen molar-refractivity contribution in [1.29, 1.82) is 5.26 Å². The first kappa shape index (κ1) is 10.8. The maximum absolute atomic E-state index is 13.4. The summed E-state index contributed by atoms with van der Waals surface area (Å²) in [6.07, 6.45) is 1.23. The van der Waals surface area contributed by atoms with Crippen molar-refractivity contribution in [3.8, 4) is 6.07 Å². The Hall–Kier alpha value is -0.660. The molecule has 0 N–H and O–H groups in total. The van der Waals surface area contributed by atoms with Crippen LogP contribution in [0, 0.1) is 17.1 Å². The van der Waals surface area contributed by atoms with Crippen LogP contribution >= 0.6 is 23.5 Å². The SMILES string of the molecule is N#Cc1ccc(C2SCCCS2)cc1F. The Balaban J connectivity index is 2.22. The number of nitrogens with zero attached hydrogens (tertiary/aromatic N) is 1. The molecular weight excluding hydrogens is 229 g/mol. The van der Waals surface area contributed by atoms with E-state index in [1.54, 1.807) is 6.07 Å². The summed E-state index contributed by atoms with van der Waals surface area (Å²) in [6, 6.07) is 6.76. The number of rotatable bonds is 1. The second-order valence-corrected chi connectivity index (χ2v) is 6.00. The lowest BCUT2D eigenvalue weighted by Crippen LogP contribution is -2.01. The summed E-state index contributed by atoms with van der Waals surface area (Å²) in [5, 5.41) is 8.62. The Labute approximate surface area is 97.1 Å². The summed E-state index contributed by atoms with van der Waals surface area (Å²) in [4.78, 5) is 0. The predicted molar refractivity (Wildman–Crippen MR) is 63.4 cm³/mol. The molecule has 0 aromatic heterocycles. The van der Waals surface area contributed by atoms with Gasteiger partial charge in [-0.2, -0.15) is 5.26 Å². The van der Waals surface area contributed by atoms with Crippen molar-refractivity contribution < 1.29 is 4.39 Å². The highest BCUT2D eigenvalue weighted by Gasteiger charge is 2.17. The number of benzene rings is 1. The maximum atomic E-state index is 13.4. The Morgan fingerprint density at radius 2 is 2.07 bits per heavy atom. The van der Waals surface area contributed by atoms with Crippen LogP contribution in [0.2, 0.25) is 0 Å². The first-order valence-electron chi connectivity index (χ1n) is 4.74. The third-order valence-corrected chi connectivity index (χ3v) is 5.23. The lowest BCUT2D eigenvalue weighted by atomic mass is 10.1. The molecule has 1 saturated heterocycles. The Morgan fingerprint density at radius 1 is 1.33 bits per heavy atom. The highest BCUT2D eigenvalue weighted by molar-refractivity contribution is 8.16. The maximum Gasteiger partial charge on any atom is 0.141 e. The van der Waals surface area contributed by atoms with Gasteiger partial charge in [-0.25, -0.2) is 4.39 Å². The van der Waals surface area contributed by atoms with Crippen molar-refractivity contribution in [3.05, 3.63) is 35.1 Å². The molecule has 1 aliphatic heterocycles. The molecule has 1 aromatic carbocycles. The van der Waals surface area contributed by atoms with Gasteiger partial charge in [0.1, 0.15) is 11.9 Å². The van der Waals surface area contributed by atoms with Gasteiger partial charge in [-0.15, -0.1) is 23.5 Å². The van der Waals surface area contributed by atoms with Crippen LogP contribution < -0.4 is 0 Å². The molecule has 0 saturated carbocycles. The van der Waals surface area contributed by atoms with Crippen molar-refractivity contribution in [1.82, 2.24) is 0 Å². The number of thioether (sulfide) groups is 2. The van der Waals surface area contributed by atoms with E-state index in [1.807, 2.05) is 35.7 Å². The van der Waals surface area contributed by atoms with Gasteiger partial charge in [-0.05, 0) is 35.6 Å². The molecule has 0 unspecified atom stereocenters. The van der Waals surface area contributed by atoms with E-state index >= 15 is 0 Å². The molecule has 0 spiro atoms. The summed E-state index contributed by atoms with van der Waals surface area (Å²) in [6.45, 7) is 0. The fraction of sp³-hybridized carbons (Fsp3) is 0.364. The predicted octanol–water partition coefficient (Wildman–Crippen LogP) is 3.57. The van der Waals surface area contributed by atoms with Crippen LogP contribution in [-0.2, 0) is 0 Å². The lowest BCUT2D eigenvalue weighted by Gasteiger charge is -2.21. The minimum absolute atomic E-state index is 0.129. The van der Waals surface area contributed by atoms with Crippen molar-refractivity contribution in [2.45, 2.75) is 11.0 Å². The summed E-state index contributed by atoms with van der Waals surface area (Å²) in [5.74, 6) is 1.88. The molecule has 1 fully saturated rings. The van der Waals surface area contributed by atoms with Gasteiger partial charge in [0.05, 0.1) is 10.1 Å². The molecule has 0 bridgehead atoms. The topological polar surface area (TPSA) is 23.8 Å². The normalized spacial score (nSPS) is 17.3. The lowest BCUT2D eigenvalue weighted by molar-refractivity contribution is 0.622. The van der Waals surface area contributed by atoms with E-state index in [1.165, 1.54) is 12.5 Å². The van der Waals surface area contributed by atoms with Gasteiger partial charge in [0.15, 0.2) is 0 Å². The molecule has 1 aliphatic rings. The van der Waals surface area contributed by atoms with Crippen molar-refractivity contribution >= 4 is 23.5 Å². The molecule has 1 heterocycles. The fourth-order valence-electron chi connectivity index (χ4n) is 1.45. The summed E-state index contributed by atoms with van der Waals surface area (Å²) >= 11 is 3.70. The fourth-order valence-corrected chi connectivity index (χ4v) is 4.32. The van der Waals surface area contributed by atoms with Gasteiger partial charge in [0.25, 0.3) is 0 Å². The summed E-state index contributed by atoms with van der Waals surface area (Å²) in [5.41, 5.74) is 1.12. The molecule has 0 atom stereocenters. The summed E-state index contributed by atoms with van der Waals surface area (Å²) < 4.78 is 13.7. The van der Waals surface area contributed by atoms with Crippen LogP contribution in [0.3, 0.4) is 0 Å². The minimum atomic E-state index is -0.401. The highest BCUT2D eigenvalue weighted by atomic mass is 32.2. The van der Waals surface area contributed by atoms with Gasteiger partial charge < -0.3 is 0 Å². The van der Waals surface area contributed by atoms with E-state index < -0.39 is 5.82 Å². The van der Waals surface area contributed by atoms with E-state index in [0.29, 0.717) is 4.58 Å². The first-order chi connectivity index (χ1) is 7.31. The molecular formula is C11H10FNS2. The molecule has 0 amide bonds. The Bertz CT molecular complexity index is 394. The third-order valence-electron chi connectivity index (χ3n) is 2.21. The monoisotopic (exact) mass is 239 g/mol. The zero-order chi connectivity index (χ0) is 10.7. The zero-order valence-electron chi connectivity index (χ0n) is 8.07. The quantitative estimate of drug-likeness (QED) is 0.748. The van der Waals surface area contributed by atoms with Crippen LogP contribution in [0.15, 0.2) is 18.2 Å². The van der Waals surface area contributed by atoms with Gasteiger partial charge in [-0.1, -0.05) is 6.07 Å². The van der Waals surface area contributed by atoms with Crippen LogP contribution in [0.5, 0.6) is 0 Å². The van der Waals surface area contributed by atoms with Crippen molar-refractivity contribution in [2.24, 2.45) is 0 Å². The minimum Gasteiger partial charge on any atom is -0.206 e. The molecule has 2 rings (SSSR count). The van der Waals surface area contributed by atoms with Gasteiger partial charge in [-0.3, -0.25) is 0 Å². The average Bonchev–Trinajstić information content (AvgIpc) is 2.30. The number of hydrogen-bond donors (Lipinski definition) is 0.